The summed E-state index contributed by atoms with van der Waals surface area (Å²) in [6, 6.07) is 8.52. The Morgan fingerprint density at radius 3 is 2.45 bits per heavy atom. The van der Waals surface area contributed by atoms with Gasteiger partial charge >= 0.3 is 0 Å². The second-order valence-electron chi connectivity index (χ2n) is 5.82. The molecule has 1 aliphatic rings. The quantitative estimate of drug-likeness (QED) is 0.838. The number of hydrogen-bond acceptors (Lipinski definition) is 4. The van der Waals surface area contributed by atoms with Gasteiger partial charge in [-0.15, -0.1) is 0 Å². The van der Waals surface area contributed by atoms with E-state index in [0.29, 0.717) is 0 Å². The van der Waals surface area contributed by atoms with Crippen LogP contribution in [0.3, 0.4) is 0 Å². The standard InChI is InChI=1S/C16H26N2O2/c1-3-16(2,13-19)12-17-14-4-6-15(7-5-14)18-8-10-20-11-9-18/h4-7,17,19H,3,8-13H2,1-2H3. The number of benzene rings is 1. The van der Waals surface area contributed by atoms with Gasteiger partial charge in [0.25, 0.3) is 0 Å². The summed E-state index contributed by atoms with van der Waals surface area (Å²) in [6.45, 7) is 8.76. The number of hydrogen-bond donors (Lipinski definition) is 2. The molecule has 0 spiro atoms. The first-order chi connectivity index (χ1) is 9.67. The molecule has 1 fully saturated rings. The van der Waals surface area contributed by atoms with Crippen LogP contribution in [0.5, 0.6) is 0 Å². The molecule has 112 valence electrons. The first-order valence-electron chi connectivity index (χ1n) is 7.44. The van der Waals surface area contributed by atoms with Gasteiger partial charge in [-0.2, -0.15) is 0 Å². The van der Waals surface area contributed by atoms with Crippen molar-refractivity contribution in [3.8, 4) is 0 Å². The number of nitrogens with one attached hydrogen (secondary N) is 1. The molecule has 1 aromatic rings. The highest BCUT2D eigenvalue weighted by Crippen LogP contribution is 2.23. The molecule has 20 heavy (non-hydrogen) atoms. The van der Waals surface area contributed by atoms with Gasteiger partial charge in [0, 0.05) is 36.4 Å². The Bertz CT molecular complexity index is 395. The highest BCUT2D eigenvalue weighted by Gasteiger charge is 2.20. The summed E-state index contributed by atoms with van der Waals surface area (Å²) in [5.41, 5.74) is 2.30. The maximum absolute atomic E-state index is 9.42. The number of aliphatic hydroxyl groups excluding tert-OH is 1. The predicted octanol–water partition coefficient (Wildman–Crippen LogP) is 2.34. The number of anilines is 2. The molecule has 1 unspecified atom stereocenters. The first-order valence-corrected chi connectivity index (χ1v) is 7.44. The molecule has 0 radical (unpaired) electrons. The number of ether oxygens (including phenoxy) is 1. The highest BCUT2D eigenvalue weighted by molar-refractivity contribution is 5.55. The van der Waals surface area contributed by atoms with E-state index in [1.54, 1.807) is 0 Å². The van der Waals surface area contributed by atoms with Gasteiger partial charge in [-0.1, -0.05) is 13.8 Å². The zero-order valence-electron chi connectivity index (χ0n) is 12.6. The normalized spacial score (nSPS) is 18.6. The first kappa shape index (κ1) is 15.1. The number of morpholine rings is 1. The van der Waals surface area contributed by atoms with Crippen LogP contribution in [0.25, 0.3) is 0 Å². The maximum Gasteiger partial charge on any atom is 0.0642 e. The molecule has 1 aliphatic heterocycles. The number of rotatable bonds is 6. The van der Waals surface area contributed by atoms with Crippen molar-refractivity contribution in [3.63, 3.8) is 0 Å². The van der Waals surface area contributed by atoms with Crippen molar-refractivity contribution in [3.05, 3.63) is 24.3 Å². The second-order valence-corrected chi connectivity index (χ2v) is 5.82. The van der Waals surface area contributed by atoms with Gasteiger partial charge in [-0.3, -0.25) is 0 Å². The van der Waals surface area contributed by atoms with Gasteiger partial charge in [0.2, 0.25) is 0 Å². The molecule has 0 aliphatic carbocycles. The smallest absolute Gasteiger partial charge is 0.0642 e. The van der Waals surface area contributed by atoms with Crippen LogP contribution in [-0.4, -0.2) is 44.6 Å². The van der Waals surface area contributed by atoms with Crippen LogP contribution in [0.2, 0.25) is 0 Å². The topological polar surface area (TPSA) is 44.7 Å². The Kier molecular flexibility index (Phi) is 5.26. The molecular weight excluding hydrogens is 252 g/mol. The molecule has 4 heteroatoms. The van der Waals surface area contributed by atoms with Crippen LogP contribution in [-0.2, 0) is 4.74 Å². The molecule has 2 N–H and O–H groups in total. The highest BCUT2D eigenvalue weighted by atomic mass is 16.5. The van der Waals surface area contributed by atoms with Crippen LogP contribution < -0.4 is 10.2 Å². The minimum absolute atomic E-state index is 0.0527. The third kappa shape index (κ3) is 3.87. The monoisotopic (exact) mass is 278 g/mol. The molecule has 0 amide bonds. The Morgan fingerprint density at radius 1 is 1.25 bits per heavy atom. The minimum Gasteiger partial charge on any atom is -0.396 e. The SMILES string of the molecule is CCC(C)(CO)CNc1ccc(N2CCOCC2)cc1. The molecule has 1 aromatic carbocycles. The van der Waals surface area contributed by atoms with Crippen molar-refractivity contribution >= 4 is 11.4 Å². The van der Waals surface area contributed by atoms with E-state index in [4.69, 9.17) is 4.74 Å². The summed E-state index contributed by atoms with van der Waals surface area (Å²) < 4.78 is 5.37. The van der Waals surface area contributed by atoms with Crippen molar-refractivity contribution in [1.29, 1.82) is 0 Å². The summed E-state index contributed by atoms with van der Waals surface area (Å²) in [4.78, 5) is 2.34. The van der Waals surface area contributed by atoms with E-state index in [2.05, 4.69) is 48.3 Å². The fourth-order valence-electron chi connectivity index (χ4n) is 2.22. The average molecular weight is 278 g/mol. The van der Waals surface area contributed by atoms with Gasteiger partial charge in [0.1, 0.15) is 0 Å². The largest absolute Gasteiger partial charge is 0.396 e. The van der Waals surface area contributed by atoms with Crippen molar-refractivity contribution in [2.45, 2.75) is 20.3 Å². The lowest BCUT2D eigenvalue weighted by Gasteiger charge is -2.29. The van der Waals surface area contributed by atoms with Crippen LogP contribution >= 0.6 is 0 Å². The molecule has 2 rings (SSSR count). The summed E-state index contributed by atoms with van der Waals surface area (Å²) in [5, 5.41) is 12.8. The van der Waals surface area contributed by atoms with Crippen LogP contribution in [0.1, 0.15) is 20.3 Å². The van der Waals surface area contributed by atoms with E-state index in [9.17, 15) is 5.11 Å². The number of aliphatic hydroxyl groups is 1. The van der Waals surface area contributed by atoms with E-state index in [-0.39, 0.29) is 12.0 Å². The van der Waals surface area contributed by atoms with E-state index in [0.717, 1.165) is 45.0 Å². The summed E-state index contributed by atoms with van der Waals surface area (Å²) in [6.07, 6.45) is 0.961. The molecule has 1 atom stereocenters. The van der Waals surface area contributed by atoms with E-state index in [1.807, 2.05) is 0 Å². The van der Waals surface area contributed by atoms with Gasteiger partial charge in [0.05, 0.1) is 19.8 Å². The summed E-state index contributed by atoms with van der Waals surface area (Å²) in [5.74, 6) is 0. The molecule has 0 aromatic heterocycles. The Balaban J connectivity index is 1.91. The Hall–Kier alpha value is -1.26. The number of nitrogens with zero attached hydrogens (tertiary/aromatic N) is 1. The summed E-state index contributed by atoms with van der Waals surface area (Å²) in [7, 11) is 0. The van der Waals surface area contributed by atoms with Gasteiger partial charge < -0.3 is 20.1 Å². The zero-order valence-corrected chi connectivity index (χ0v) is 12.6. The van der Waals surface area contributed by atoms with Crippen LogP contribution in [0.4, 0.5) is 11.4 Å². The average Bonchev–Trinajstić information content (AvgIpc) is 2.54. The summed E-state index contributed by atoms with van der Waals surface area (Å²) >= 11 is 0. The molecule has 0 bridgehead atoms. The van der Waals surface area contributed by atoms with Gasteiger partial charge in [-0.25, -0.2) is 0 Å². The third-order valence-corrected chi connectivity index (χ3v) is 4.20. The fraction of sp³-hybridized carbons (Fsp3) is 0.625. The lowest BCUT2D eigenvalue weighted by molar-refractivity contribution is 0.122. The molecular formula is C16H26N2O2. The van der Waals surface area contributed by atoms with Crippen molar-refractivity contribution < 1.29 is 9.84 Å². The zero-order chi connectivity index (χ0) is 14.4. The Labute approximate surface area is 121 Å². The molecule has 4 nitrogen and oxygen atoms in total. The van der Waals surface area contributed by atoms with E-state index >= 15 is 0 Å². The third-order valence-electron chi connectivity index (χ3n) is 4.20. The van der Waals surface area contributed by atoms with Gasteiger partial charge in [0.15, 0.2) is 0 Å². The van der Waals surface area contributed by atoms with Crippen molar-refractivity contribution in [2.75, 3.05) is 49.7 Å². The molecule has 1 saturated heterocycles. The second kappa shape index (κ2) is 6.95. The lowest BCUT2D eigenvalue weighted by Crippen LogP contribution is -2.36. The molecule has 1 heterocycles. The van der Waals surface area contributed by atoms with E-state index in [1.165, 1.54) is 5.69 Å². The minimum atomic E-state index is -0.0527. The van der Waals surface area contributed by atoms with Crippen molar-refractivity contribution in [2.24, 2.45) is 5.41 Å². The molecule has 0 saturated carbocycles. The van der Waals surface area contributed by atoms with E-state index < -0.39 is 0 Å². The van der Waals surface area contributed by atoms with Crippen LogP contribution in [0.15, 0.2) is 24.3 Å². The lowest BCUT2D eigenvalue weighted by atomic mass is 9.88. The van der Waals surface area contributed by atoms with Gasteiger partial charge in [-0.05, 0) is 30.7 Å². The Morgan fingerprint density at radius 2 is 1.90 bits per heavy atom. The maximum atomic E-state index is 9.42. The fourth-order valence-corrected chi connectivity index (χ4v) is 2.22. The predicted molar refractivity (Wildman–Crippen MR) is 83.4 cm³/mol. The van der Waals surface area contributed by atoms with Crippen molar-refractivity contribution in [1.82, 2.24) is 0 Å². The van der Waals surface area contributed by atoms with Crippen LogP contribution in [0, 0.1) is 5.41 Å².